The number of nitrogens with zero attached hydrogens (tertiary/aromatic N) is 2. The van der Waals surface area contributed by atoms with Crippen molar-refractivity contribution in [2.75, 3.05) is 24.5 Å². The van der Waals surface area contributed by atoms with Crippen molar-refractivity contribution in [1.82, 2.24) is 10.3 Å². The van der Waals surface area contributed by atoms with E-state index in [1.165, 1.54) is 19.3 Å². The predicted octanol–water partition coefficient (Wildman–Crippen LogP) is 2.20. The van der Waals surface area contributed by atoms with E-state index in [0.717, 1.165) is 49.7 Å². The van der Waals surface area contributed by atoms with Crippen molar-refractivity contribution < 1.29 is 4.79 Å². The molecule has 2 fully saturated rings. The Kier molecular flexibility index (Phi) is 4.01. The van der Waals surface area contributed by atoms with Crippen molar-refractivity contribution >= 4 is 22.4 Å². The molecule has 0 aromatic carbocycles. The molecule has 3 rings (SSSR count). The van der Waals surface area contributed by atoms with Gasteiger partial charge in [-0.2, -0.15) is 0 Å². The van der Waals surface area contributed by atoms with Crippen LogP contribution in [-0.4, -0.2) is 30.5 Å². The van der Waals surface area contributed by atoms with Crippen molar-refractivity contribution in [2.45, 2.75) is 38.5 Å². The van der Waals surface area contributed by atoms with Crippen LogP contribution in [0.15, 0.2) is 5.38 Å². The van der Waals surface area contributed by atoms with Gasteiger partial charge in [0, 0.05) is 37.4 Å². The molecule has 0 spiro atoms. The van der Waals surface area contributed by atoms with E-state index in [1.54, 1.807) is 11.3 Å². The number of nitrogens with one attached hydrogen (secondary N) is 1. The standard InChI is InChI=1S/C14H21N3OS/c18-13(11-4-5-11)15-7-6-12-10-19-14(16-12)17-8-2-1-3-9-17/h10-11H,1-9H2,(H,15,18). The first-order valence-electron chi connectivity index (χ1n) is 7.30. The van der Waals surface area contributed by atoms with Crippen LogP contribution in [-0.2, 0) is 11.2 Å². The average Bonchev–Trinajstić information content (AvgIpc) is 3.20. The van der Waals surface area contributed by atoms with E-state index < -0.39 is 0 Å². The molecule has 104 valence electrons. The van der Waals surface area contributed by atoms with Crippen LogP contribution < -0.4 is 10.2 Å². The Hall–Kier alpha value is -1.10. The molecular weight excluding hydrogens is 258 g/mol. The van der Waals surface area contributed by atoms with Gasteiger partial charge in [0.1, 0.15) is 0 Å². The van der Waals surface area contributed by atoms with Crippen molar-refractivity contribution in [3.8, 4) is 0 Å². The van der Waals surface area contributed by atoms with Crippen LogP contribution in [0, 0.1) is 5.92 Å². The van der Waals surface area contributed by atoms with Crippen LogP contribution in [0.2, 0.25) is 0 Å². The second kappa shape index (κ2) is 5.90. The summed E-state index contributed by atoms with van der Waals surface area (Å²) >= 11 is 1.74. The summed E-state index contributed by atoms with van der Waals surface area (Å²) in [6.45, 7) is 3.01. The fourth-order valence-electron chi connectivity index (χ4n) is 2.45. The van der Waals surface area contributed by atoms with Crippen molar-refractivity contribution in [2.24, 2.45) is 5.92 Å². The predicted molar refractivity (Wildman–Crippen MR) is 77.6 cm³/mol. The van der Waals surface area contributed by atoms with Crippen molar-refractivity contribution in [3.05, 3.63) is 11.1 Å². The number of piperidine rings is 1. The number of rotatable bonds is 5. The Labute approximate surface area is 118 Å². The van der Waals surface area contributed by atoms with Crippen LogP contribution >= 0.6 is 11.3 Å². The lowest BCUT2D eigenvalue weighted by atomic mass is 10.1. The van der Waals surface area contributed by atoms with Gasteiger partial charge in [-0.05, 0) is 32.1 Å². The lowest BCUT2D eigenvalue weighted by molar-refractivity contribution is -0.122. The number of thiazole rings is 1. The number of hydrogen-bond donors (Lipinski definition) is 1. The molecule has 19 heavy (non-hydrogen) atoms. The molecule has 1 saturated carbocycles. The number of carbonyl (C=O) groups is 1. The van der Waals surface area contributed by atoms with Crippen LogP contribution in [0.5, 0.6) is 0 Å². The number of carbonyl (C=O) groups excluding carboxylic acids is 1. The van der Waals surface area contributed by atoms with Crippen LogP contribution in [0.3, 0.4) is 0 Å². The molecule has 1 amide bonds. The molecule has 0 radical (unpaired) electrons. The fourth-order valence-corrected chi connectivity index (χ4v) is 3.36. The fraction of sp³-hybridized carbons (Fsp3) is 0.714. The average molecular weight is 279 g/mol. The monoisotopic (exact) mass is 279 g/mol. The first-order chi connectivity index (χ1) is 9.33. The third-order valence-electron chi connectivity index (χ3n) is 3.79. The van der Waals surface area contributed by atoms with E-state index in [-0.39, 0.29) is 5.91 Å². The van der Waals surface area contributed by atoms with Crippen molar-refractivity contribution in [1.29, 1.82) is 0 Å². The highest BCUT2D eigenvalue weighted by Gasteiger charge is 2.29. The van der Waals surface area contributed by atoms with Gasteiger partial charge in [0.05, 0.1) is 5.69 Å². The Bertz CT molecular complexity index is 436. The first kappa shape index (κ1) is 12.9. The van der Waals surface area contributed by atoms with Crippen LogP contribution in [0.4, 0.5) is 5.13 Å². The summed E-state index contributed by atoms with van der Waals surface area (Å²) in [6.07, 6.45) is 6.91. The Morgan fingerprint density at radius 1 is 1.37 bits per heavy atom. The van der Waals surface area contributed by atoms with E-state index in [9.17, 15) is 4.79 Å². The molecule has 1 N–H and O–H groups in total. The highest BCUT2D eigenvalue weighted by molar-refractivity contribution is 7.13. The highest BCUT2D eigenvalue weighted by Crippen LogP contribution is 2.28. The molecule has 2 aliphatic rings. The summed E-state index contributed by atoms with van der Waals surface area (Å²) in [5.41, 5.74) is 1.11. The Morgan fingerprint density at radius 3 is 2.89 bits per heavy atom. The molecule has 0 bridgehead atoms. The van der Waals surface area contributed by atoms with Gasteiger partial charge in [-0.25, -0.2) is 4.98 Å². The molecular formula is C14H21N3OS. The minimum Gasteiger partial charge on any atom is -0.355 e. The number of aromatic nitrogens is 1. The zero-order chi connectivity index (χ0) is 13.1. The summed E-state index contributed by atoms with van der Waals surface area (Å²) in [7, 11) is 0. The third-order valence-corrected chi connectivity index (χ3v) is 4.74. The molecule has 5 heteroatoms. The van der Waals surface area contributed by atoms with Gasteiger partial charge in [-0.15, -0.1) is 11.3 Å². The molecule has 4 nitrogen and oxygen atoms in total. The SMILES string of the molecule is O=C(NCCc1csc(N2CCCCC2)n1)C1CC1. The maximum absolute atomic E-state index is 11.5. The summed E-state index contributed by atoms with van der Waals surface area (Å²) in [5, 5.41) is 6.28. The minimum absolute atomic E-state index is 0.228. The zero-order valence-corrected chi connectivity index (χ0v) is 12.0. The second-order valence-electron chi connectivity index (χ2n) is 5.48. The summed E-state index contributed by atoms with van der Waals surface area (Å²) in [5.74, 6) is 0.533. The minimum atomic E-state index is 0.228. The van der Waals surface area contributed by atoms with Gasteiger partial charge in [0.25, 0.3) is 0 Å². The Morgan fingerprint density at radius 2 is 2.16 bits per heavy atom. The van der Waals surface area contributed by atoms with Gasteiger partial charge in [0.2, 0.25) is 5.91 Å². The molecule has 0 unspecified atom stereocenters. The zero-order valence-electron chi connectivity index (χ0n) is 11.2. The first-order valence-corrected chi connectivity index (χ1v) is 8.18. The molecule has 1 aliphatic heterocycles. The number of amides is 1. The quantitative estimate of drug-likeness (QED) is 0.899. The largest absolute Gasteiger partial charge is 0.355 e. The van der Waals surface area contributed by atoms with Gasteiger partial charge >= 0.3 is 0 Å². The van der Waals surface area contributed by atoms with E-state index in [4.69, 9.17) is 0 Å². The van der Waals surface area contributed by atoms with Gasteiger partial charge < -0.3 is 10.2 Å². The van der Waals surface area contributed by atoms with Gasteiger partial charge in [-0.1, -0.05) is 0 Å². The highest BCUT2D eigenvalue weighted by atomic mass is 32.1. The van der Waals surface area contributed by atoms with Crippen LogP contribution in [0.1, 0.15) is 37.8 Å². The summed E-state index contributed by atoms with van der Waals surface area (Å²) in [4.78, 5) is 18.6. The summed E-state index contributed by atoms with van der Waals surface area (Å²) in [6, 6.07) is 0. The number of anilines is 1. The maximum Gasteiger partial charge on any atom is 0.223 e. The lowest BCUT2D eigenvalue weighted by Crippen LogP contribution is -2.29. The second-order valence-corrected chi connectivity index (χ2v) is 6.32. The third kappa shape index (κ3) is 3.47. The molecule has 0 atom stereocenters. The van der Waals surface area contributed by atoms with Gasteiger partial charge in [-0.3, -0.25) is 4.79 Å². The van der Waals surface area contributed by atoms with E-state index in [0.29, 0.717) is 5.92 Å². The Balaban J connectivity index is 1.45. The number of hydrogen-bond acceptors (Lipinski definition) is 4. The molecule has 1 aliphatic carbocycles. The lowest BCUT2D eigenvalue weighted by Gasteiger charge is -2.25. The van der Waals surface area contributed by atoms with E-state index in [1.807, 2.05) is 0 Å². The van der Waals surface area contributed by atoms with Gasteiger partial charge in [0.15, 0.2) is 5.13 Å². The van der Waals surface area contributed by atoms with Crippen LogP contribution in [0.25, 0.3) is 0 Å². The van der Waals surface area contributed by atoms with Crippen molar-refractivity contribution in [3.63, 3.8) is 0 Å². The maximum atomic E-state index is 11.5. The summed E-state index contributed by atoms with van der Waals surface area (Å²) < 4.78 is 0. The molecule has 1 aromatic rings. The molecule has 2 heterocycles. The topological polar surface area (TPSA) is 45.2 Å². The smallest absolute Gasteiger partial charge is 0.223 e. The van der Waals surface area contributed by atoms with E-state index in [2.05, 4.69) is 20.6 Å². The van der Waals surface area contributed by atoms with E-state index >= 15 is 0 Å². The normalized spacial score (nSPS) is 19.5. The molecule has 1 aromatic heterocycles. The molecule has 1 saturated heterocycles.